The molecule has 1 aromatic rings. The van der Waals surface area contributed by atoms with Gasteiger partial charge in [0.1, 0.15) is 0 Å². The average molecular weight is 343 g/mol. The van der Waals surface area contributed by atoms with E-state index in [1.165, 1.54) is 19.2 Å². The summed E-state index contributed by atoms with van der Waals surface area (Å²) in [5.41, 5.74) is 0.932. The second-order valence-corrected chi connectivity index (χ2v) is 6.52. The van der Waals surface area contributed by atoms with Gasteiger partial charge in [-0.15, -0.1) is 0 Å². The molecule has 8 nitrogen and oxygen atoms in total. The maximum atomic E-state index is 12.0. The van der Waals surface area contributed by atoms with E-state index in [1.54, 1.807) is 12.1 Å². The maximum absolute atomic E-state index is 12.0. The summed E-state index contributed by atoms with van der Waals surface area (Å²) >= 11 is 0. The molecule has 1 aromatic carbocycles. The third-order valence-electron chi connectivity index (χ3n) is 2.83. The zero-order valence-electron chi connectivity index (χ0n) is 13.1. The fourth-order valence-corrected chi connectivity index (χ4v) is 2.54. The van der Waals surface area contributed by atoms with Crippen LogP contribution in [-0.4, -0.2) is 53.6 Å². The monoisotopic (exact) mass is 343 g/mol. The number of hydrogen-bond acceptors (Lipinski definition) is 5. The number of ether oxygens (including phenoxy) is 1. The van der Waals surface area contributed by atoms with E-state index in [1.807, 2.05) is 6.92 Å². The van der Waals surface area contributed by atoms with Crippen molar-refractivity contribution in [3.05, 3.63) is 29.8 Å². The molecule has 0 aliphatic rings. The van der Waals surface area contributed by atoms with Gasteiger partial charge in [0, 0.05) is 13.7 Å². The minimum absolute atomic E-state index is 0.0770. The van der Waals surface area contributed by atoms with E-state index in [0.717, 1.165) is 5.56 Å². The molecule has 0 aliphatic carbocycles. The predicted octanol–water partition coefficient (Wildman–Crippen LogP) is -0.848. The van der Waals surface area contributed by atoms with Crippen molar-refractivity contribution in [2.75, 3.05) is 33.4 Å². The molecule has 9 heteroatoms. The lowest BCUT2D eigenvalue weighted by Gasteiger charge is -2.08. The first-order valence-electron chi connectivity index (χ1n) is 6.94. The summed E-state index contributed by atoms with van der Waals surface area (Å²) in [7, 11) is -2.25. The van der Waals surface area contributed by atoms with Gasteiger partial charge in [-0.3, -0.25) is 9.59 Å². The molecule has 0 heterocycles. The first kappa shape index (κ1) is 19.1. The quantitative estimate of drug-likeness (QED) is 0.506. The van der Waals surface area contributed by atoms with Gasteiger partial charge in [0.25, 0.3) is 0 Å². The summed E-state index contributed by atoms with van der Waals surface area (Å²) in [5.74, 6) is -0.973. The molecule has 0 aliphatic heterocycles. The van der Waals surface area contributed by atoms with E-state index in [-0.39, 0.29) is 17.3 Å². The van der Waals surface area contributed by atoms with Gasteiger partial charge in [0.2, 0.25) is 21.8 Å². The fraction of sp³-hybridized carbons (Fsp3) is 0.429. The number of rotatable bonds is 9. The van der Waals surface area contributed by atoms with Crippen molar-refractivity contribution in [2.45, 2.75) is 11.8 Å². The number of amides is 2. The van der Waals surface area contributed by atoms with Crippen molar-refractivity contribution >= 4 is 21.8 Å². The Morgan fingerprint density at radius 2 is 1.65 bits per heavy atom. The number of sulfonamides is 1. The van der Waals surface area contributed by atoms with Crippen LogP contribution in [0.3, 0.4) is 0 Å². The standard InChI is InChI=1S/C14H21N3O5S/c1-11-3-5-12(6-4-11)23(20,21)17-10-14(19)16-9-13(18)15-7-8-22-2/h3-6,17H,7-10H2,1-2H3,(H,15,18)(H,16,19). The van der Waals surface area contributed by atoms with E-state index >= 15 is 0 Å². The van der Waals surface area contributed by atoms with Gasteiger partial charge in [-0.1, -0.05) is 17.7 Å². The van der Waals surface area contributed by atoms with Gasteiger partial charge < -0.3 is 15.4 Å². The molecule has 0 atom stereocenters. The predicted molar refractivity (Wildman–Crippen MR) is 84.3 cm³/mol. The molecular weight excluding hydrogens is 322 g/mol. The first-order chi connectivity index (χ1) is 10.8. The highest BCUT2D eigenvalue weighted by Crippen LogP contribution is 2.09. The number of aryl methyl sites for hydroxylation is 1. The van der Waals surface area contributed by atoms with Crippen LogP contribution in [0.15, 0.2) is 29.2 Å². The Bertz CT molecular complexity index is 628. The minimum atomic E-state index is -3.76. The molecule has 0 saturated carbocycles. The third-order valence-corrected chi connectivity index (χ3v) is 4.25. The van der Waals surface area contributed by atoms with E-state index in [4.69, 9.17) is 4.74 Å². The highest BCUT2D eigenvalue weighted by atomic mass is 32.2. The second kappa shape index (κ2) is 9.23. The summed E-state index contributed by atoms with van der Waals surface area (Å²) in [6.45, 7) is 1.88. The van der Waals surface area contributed by atoms with Crippen LogP contribution < -0.4 is 15.4 Å². The third kappa shape index (κ3) is 7.22. The molecule has 0 fully saturated rings. The smallest absolute Gasteiger partial charge is 0.241 e. The Morgan fingerprint density at radius 1 is 1.04 bits per heavy atom. The van der Waals surface area contributed by atoms with E-state index < -0.39 is 22.5 Å². The molecule has 23 heavy (non-hydrogen) atoms. The van der Waals surface area contributed by atoms with Crippen LogP contribution in [0.1, 0.15) is 5.56 Å². The Labute approximate surface area is 135 Å². The SMILES string of the molecule is COCCNC(=O)CNC(=O)CNS(=O)(=O)c1ccc(C)cc1. The van der Waals surface area contributed by atoms with Crippen molar-refractivity contribution in [2.24, 2.45) is 0 Å². The Balaban J connectivity index is 2.37. The lowest BCUT2D eigenvalue weighted by atomic mass is 10.2. The molecule has 0 spiro atoms. The Kier molecular flexibility index (Phi) is 7.66. The molecular formula is C14H21N3O5S. The number of hydrogen-bond donors (Lipinski definition) is 3. The largest absolute Gasteiger partial charge is 0.383 e. The summed E-state index contributed by atoms with van der Waals surface area (Å²) in [4.78, 5) is 23.0. The van der Waals surface area contributed by atoms with Gasteiger partial charge in [-0.05, 0) is 19.1 Å². The molecule has 128 valence electrons. The molecule has 0 saturated heterocycles. The molecule has 0 radical (unpaired) electrons. The molecule has 0 aromatic heterocycles. The van der Waals surface area contributed by atoms with Gasteiger partial charge in [-0.25, -0.2) is 13.1 Å². The topological polar surface area (TPSA) is 114 Å². The van der Waals surface area contributed by atoms with E-state index in [0.29, 0.717) is 13.2 Å². The first-order valence-corrected chi connectivity index (χ1v) is 8.42. The van der Waals surface area contributed by atoms with Crippen molar-refractivity contribution in [3.8, 4) is 0 Å². The zero-order chi connectivity index (χ0) is 17.3. The number of nitrogens with one attached hydrogen (secondary N) is 3. The molecule has 2 amide bonds. The van der Waals surface area contributed by atoms with Crippen molar-refractivity contribution in [1.82, 2.24) is 15.4 Å². The molecule has 0 unspecified atom stereocenters. The highest BCUT2D eigenvalue weighted by Gasteiger charge is 2.15. The number of benzene rings is 1. The number of methoxy groups -OCH3 is 1. The van der Waals surface area contributed by atoms with Crippen LogP contribution in [0.5, 0.6) is 0 Å². The minimum Gasteiger partial charge on any atom is -0.383 e. The zero-order valence-corrected chi connectivity index (χ0v) is 13.9. The lowest BCUT2D eigenvalue weighted by molar-refractivity contribution is -0.125. The number of carbonyl (C=O) groups excluding carboxylic acids is 2. The van der Waals surface area contributed by atoms with Gasteiger partial charge >= 0.3 is 0 Å². The normalized spacial score (nSPS) is 11.0. The van der Waals surface area contributed by atoms with Gasteiger partial charge in [0.15, 0.2) is 0 Å². The Morgan fingerprint density at radius 3 is 2.26 bits per heavy atom. The van der Waals surface area contributed by atoms with Crippen LogP contribution in [0.25, 0.3) is 0 Å². The second-order valence-electron chi connectivity index (χ2n) is 4.76. The van der Waals surface area contributed by atoms with E-state index in [2.05, 4.69) is 15.4 Å². The van der Waals surface area contributed by atoms with Crippen LogP contribution in [-0.2, 0) is 24.3 Å². The number of carbonyl (C=O) groups is 2. The van der Waals surface area contributed by atoms with Crippen molar-refractivity contribution in [1.29, 1.82) is 0 Å². The molecule has 0 bridgehead atoms. The van der Waals surface area contributed by atoms with Crippen LogP contribution >= 0.6 is 0 Å². The van der Waals surface area contributed by atoms with Gasteiger partial charge in [-0.2, -0.15) is 0 Å². The summed E-state index contributed by atoms with van der Waals surface area (Å²) in [5, 5.41) is 4.85. The summed E-state index contributed by atoms with van der Waals surface area (Å²) < 4.78 is 30.9. The molecule has 3 N–H and O–H groups in total. The van der Waals surface area contributed by atoms with Crippen molar-refractivity contribution in [3.63, 3.8) is 0 Å². The van der Waals surface area contributed by atoms with Gasteiger partial charge in [0.05, 0.1) is 24.6 Å². The highest BCUT2D eigenvalue weighted by molar-refractivity contribution is 7.89. The Hall–Kier alpha value is -1.97. The van der Waals surface area contributed by atoms with Crippen LogP contribution in [0, 0.1) is 6.92 Å². The van der Waals surface area contributed by atoms with E-state index in [9.17, 15) is 18.0 Å². The van der Waals surface area contributed by atoms with Crippen LogP contribution in [0.4, 0.5) is 0 Å². The summed E-state index contributed by atoms with van der Waals surface area (Å²) in [6.07, 6.45) is 0. The van der Waals surface area contributed by atoms with Crippen LogP contribution in [0.2, 0.25) is 0 Å². The fourth-order valence-electron chi connectivity index (χ4n) is 1.56. The average Bonchev–Trinajstić information content (AvgIpc) is 2.52. The summed E-state index contributed by atoms with van der Waals surface area (Å²) in [6, 6.07) is 6.25. The maximum Gasteiger partial charge on any atom is 0.241 e. The van der Waals surface area contributed by atoms with Crippen molar-refractivity contribution < 1.29 is 22.7 Å². The lowest BCUT2D eigenvalue weighted by Crippen LogP contribution is -2.42. The molecule has 1 rings (SSSR count).